The highest BCUT2D eigenvalue weighted by Gasteiger charge is 2.03. The first-order valence-electron chi connectivity index (χ1n) is 5.56. The van der Waals surface area contributed by atoms with E-state index in [0.29, 0.717) is 29.6 Å². The zero-order chi connectivity index (χ0) is 13.0. The Labute approximate surface area is 105 Å². The van der Waals surface area contributed by atoms with E-state index in [0.717, 1.165) is 5.75 Å². The Balaban J connectivity index is 2.13. The zero-order valence-electron chi connectivity index (χ0n) is 10.1. The number of nitrogen functional groups attached to an aromatic ring is 2. The normalized spacial score (nSPS) is 10.1. The molecule has 0 unspecified atom stereocenters. The predicted octanol–water partition coefficient (Wildman–Crippen LogP) is 1.78. The van der Waals surface area contributed by atoms with E-state index in [-0.39, 0.29) is 0 Å². The van der Waals surface area contributed by atoms with Crippen molar-refractivity contribution in [2.45, 2.75) is 6.92 Å². The molecule has 0 saturated heterocycles. The van der Waals surface area contributed by atoms with Gasteiger partial charge in [-0.25, -0.2) is 9.97 Å². The molecule has 2 heterocycles. The Morgan fingerprint density at radius 1 is 1.22 bits per heavy atom. The average molecular weight is 245 g/mol. The predicted molar refractivity (Wildman–Crippen MR) is 71.8 cm³/mol. The molecular formula is C12H15N5O. The third kappa shape index (κ3) is 2.79. The number of rotatable bonds is 4. The summed E-state index contributed by atoms with van der Waals surface area (Å²) in [6.45, 7) is 2.53. The summed E-state index contributed by atoms with van der Waals surface area (Å²) in [5.74, 6) is 1.89. The van der Waals surface area contributed by atoms with Crippen molar-refractivity contribution in [2.75, 3.05) is 23.4 Å². The van der Waals surface area contributed by atoms with Gasteiger partial charge < -0.3 is 21.5 Å². The van der Waals surface area contributed by atoms with E-state index in [4.69, 9.17) is 16.2 Å². The maximum atomic E-state index is 5.79. The van der Waals surface area contributed by atoms with E-state index in [1.165, 1.54) is 6.20 Å². The highest BCUT2D eigenvalue weighted by Crippen LogP contribution is 2.22. The van der Waals surface area contributed by atoms with Crippen LogP contribution in [0.25, 0.3) is 0 Å². The third-order valence-corrected chi connectivity index (χ3v) is 2.23. The lowest BCUT2D eigenvalue weighted by Crippen LogP contribution is -2.02. The van der Waals surface area contributed by atoms with Crippen LogP contribution in [0, 0.1) is 0 Å². The van der Waals surface area contributed by atoms with Crippen molar-refractivity contribution < 1.29 is 4.74 Å². The van der Waals surface area contributed by atoms with Gasteiger partial charge >= 0.3 is 0 Å². The van der Waals surface area contributed by atoms with E-state index < -0.39 is 0 Å². The van der Waals surface area contributed by atoms with E-state index >= 15 is 0 Å². The molecular weight excluding hydrogens is 230 g/mol. The molecule has 6 nitrogen and oxygen atoms in total. The number of nitrogens with one attached hydrogen (secondary N) is 1. The first-order valence-corrected chi connectivity index (χ1v) is 5.56. The van der Waals surface area contributed by atoms with Crippen LogP contribution in [0.3, 0.4) is 0 Å². The van der Waals surface area contributed by atoms with Crippen LogP contribution < -0.4 is 21.5 Å². The van der Waals surface area contributed by atoms with Gasteiger partial charge in [-0.3, -0.25) is 0 Å². The monoisotopic (exact) mass is 245 g/mol. The summed E-state index contributed by atoms with van der Waals surface area (Å²) in [5.41, 5.74) is 12.4. The third-order valence-electron chi connectivity index (χ3n) is 2.23. The molecule has 0 saturated carbocycles. The fraction of sp³-hybridized carbons (Fsp3) is 0.167. The molecule has 0 spiro atoms. The van der Waals surface area contributed by atoms with Crippen LogP contribution in [0.15, 0.2) is 30.6 Å². The fourth-order valence-electron chi connectivity index (χ4n) is 1.43. The summed E-state index contributed by atoms with van der Waals surface area (Å²) < 4.78 is 5.30. The van der Waals surface area contributed by atoms with Crippen molar-refractivity contribution in [2.24, 2.45) is 0 Å². The molecule has 2 rings (SSSR count). The molecule has 0 aliphatic carbocycles. The Bertz CT molecular complexity index is 526. The second-order valence-corrected chi connectivity index (χ2v) is 3.64. The van der Waals surface area contributed by atoms with Gasteiger partial charge in [0, 0.05) is 0 Å². The van der Waals surface area contributed by atoms with Crippen molar-refractivity contribution in [3.63, 3.8) is 0 Å². The van der Waals surface area contributed by atoms with Crippen molar-refractivity contribution in [3.05, 3.63) is 30.6 Å². The minimum atomic E-state index is 0.477. The van der Waals surface area contributed by atoms with Gasteiger partial charge in [0.2, 0.25) is 0 Å². The summed E-state index contributed by atoms with van der Waals surface area (Å²) in [6.07, 6.45) is 3.17. The molecule has 6 heteroatoms. The fourth-order valence-corrected chi connectivity index (χ4v) is 1.43. The molecule has 2 aromatic heterocycles. The molecule has 94 valence electrons. The molecule has 5 N–H and O–H groups in total. The Morgan fingerprint density at radius 2 is 2.06 bits per heavy atom. The van der Waals surface area contributed by atoms with E-state index in [2.05, 4.69) is 15.3 Å². The number of pyridine rings is 2. The van der Waals surface area contributed by atoms with E-state index in [9.17, 15) is 0 Å². The van der Waals surface area contributed by atoms with Crippen LogP contribution in [0.1, 0.15) is 6.92 Å². The van der Waals surface area contributed by atoms with Crippen molar-refractivity contribution in [1.82, 2.24) is 9.97 Å². The number of hydrogen-bond donors (Lipinski definition) is 3. The van der Waals surface area contributed by atoms with Crippen LogP contribution in [-0.2, 0) is 0 Å². The Hall–Kier alpha value is -2.50. The zero-order valence-corrected chi connectivity index (χ0v) is 10.1. The molecule has 0 amide bonds. The molecule has 0 aliphatic heterocycles. The highest BCUT2D eigenvalue weighted by atomic mass is 16.5. The van der Waals surface area contributed by atoms with Crippen LogP contribution in [-0.4, -0.2) is 16.6 Å². The summed E-state index contributed by atoms with van der Waals surface area (Å²) >= 11 is 0. The second-order valence-electron chi connectivity index (χ2n) is 3.64. The lowest BCUT2D eigenvalue weighted by Gasteiger charge is -2.08. The quantitative estimate of drug-likeness (QED) is 0.759. The molecule has 18 heavy (non-hydrogen) atoms. The van der Waals surface area contributed by atoms with Crippen molar-refractivity contribution in [3.8, 4) is 5.75 Å². The maximum Gasteiger partial charge on any atom is 0.154 e. The van der Waals surface area contributed by atoms with Crippen LogP contribution in [0.2, 0.25) is 0 Å². The summed E-state index contributed by atoms with van der Waals surface area (Å²) in [6, 6.07) is 5.26. The molecule has 0 radical (unpaired) electrons. The molecule has 0 aromatic carbocycles. The first kappa shape index (κ1) is 12.0. The van der Waals surface area contributed by atoms with Crippen LogP contribution in [0.5, 0.6) is 5.75 Å². The van der Waals surface area contributed by atoms with Gasteiger partial charge in [0.25, 0.3) is 0 Å². The minimum Gasteiger partial charge on any atom is -0.492 e. The summed E-state index contributed by atoms with van der Waals surface area (Å²) in [4.78, 5) is 8.29. The van der Waals surface area contributed by atoms with Crippen LogP contribution >= 0.6 is 0 Å². The maximum absolute atomic E-state index is 5.79. The van der Waals surface area contributed by atoms with Gasteiger partial charge in [-0.05, 0) is 25.1 Å². The number of nitrogens with zero attached hydrogens (tertiary/aromatic N) is 2. The number of hydrogen-bond acceptors (Lipinski definition) is 6. The van der Waals surface area contributed by atoms with Gasteiger partial charge in [-0.1, -0.05) is 0 Å². The SMILES string of the molecule is CCOc1ccc(Nc2ncc(N)cc2N)nc1. The van der Waals surface area contributed by atoms with Crippen molar-refractivity contribution in [1.29, 1.82) is 0 Å². The number of ether oxygens (including phenoxy) is 1. The Kier molecular flexibility index (Phi) is 3.47. The van der Waals surface area contributed by atoms with E-state index in [1.807, 2.05) is 13.0 Å². The first-order chi connectivity index (χ1) is 8.69. The van der Waals surface area contributed by atoms with Gasteiger partial charge in [0.15, 0.2) is 5.82 Å². The topological polar surface area (TPSA) is 99.1 Å². The second kappa shape index (κ2) is 5.22. The summed E-state index contributed by atoms with van der Waals surface area (Å²) in [5, 5.41) is 3.01. The number of nitrogens with two attached hydrogens (primary N) is 2. The van der Waals surface area contributed by atoms with Gasteiger partial charge in [0.1, 0.15) is 11.6 Å². The summed E-state index contributed by atoms with van der Waals surface area (Å²) in [7, 11) is 0. The van der Waals surface area contributed by atoms with Gasteiger partial charge in [-0.15, -0.1) is 0 Å². The van der Waals surface area contributed by atoms with Crippen molar-refractivity contribution >= 4 is 23.0 Å². The number of aromatic nitrogens is 2. The van der Waals surface area contributed by atoms with Gasteiger partial charge in [0.05, 0.1) is 30.4 Å². The lowest BCUT2D eigenvalue weighted by molar-refractivity contribution is 0.339. The Morgan fingerprint density at radius 3 is 2.67 bits per heavy atom. The largest absolute Gasteiger partial charge is 0.492 e. The highest BCUT2D eigenvalue weighted by molar-refractivity contribution is 5.69. The minimum absolute atomic E-state index is 0.477. The van der Waals surface area contributed by atoms with Crippen LogP contribution in [0.4, 0.5) is 23.0 Å². The molecule has 0 atom stereocenters. The number of anilines is 4. The smallest absolute Gasteiger partial charge is 0.154 e. The molecule has 0 fully saturated rings. The van der Waals surface area contributed by atoms with E-state index in [1.54, 1.807) is 18.3 Å². The standard InChI is InChI=1S/C12H15N5O/c1-2-18-9-3-4-11(15-7-9)17-12-10(14)5-8(13)6-16-12/h3-7H,2,13-14H2,1H3,(H,15,16,17). The molecule has 0 bridgehead atoms. The molecule has 0 aliphatic rings. The van der Waals surface area contributed by atoms with Gasteiger partial charge in [-0.2, -0.15) is 0 Å². The molecule has 2 aromatic rings. The lowest BCUT2D eigenvalue weighted by atomic mass is 10.3. The average Bonchev–Trinajstić information content (AvgIpc) is 2.35.